The highest BCUT2D eigenvalue weighted by Gasteiger charge is 2.09. The quantitative estimate of drug-likeness (QED) is 0.635. The molecule has 8 nitrogen and oxygen atoms in total. The number of aromatic nitrogens is 2. The van der Waals surface area contributed by atoms with E-state index in [9.17, 15) is 9.90 Å². The smallest absolute Gasteiger partial charge is 0.425 e. The van der Waals surface area contributed by atoms with Gasteiger partial charge in [-0.25, -0.2) is 10.2 Å². The number of hydrazine groups is 1. The van der Waals surface area contributed by atoms with Gasteiger partial charge in [0.05, 0.1) is 12.7 Å². The topological polar surface area (TPSA) is 99.6 Å². The summed E-state index contributed by atoms with van der Waals surface area (Å²) >= 11 is 0. The molecule has 1 atom stereocenters. The number of hydrogen-bond acceptors (Lipinski definition) is 7. The van der Waals surface area contributed by atoms with Gasteiger partial charge in [-0.3, -0.25) is 5.43 Å². The molecular formula is C12H21N5O3. The molecular weight excluding hydrogens is 262 g/mol. The molecule has 0 aromatic carbocycles. The van der Waals surface area contributed by atoms with Gasteiger partial charge in [-0.1, -0.05) is 0 Å². The van der Waals surface area contributed by atoms with Crippen LogP contribution in [0.25, 0.3) is 0 Å². The van der Waals surface area contributed by atoms with Gasteiger partial charge in [-0.15, -0.1) is 10.2 Å². The average Bonchev–Trinajstić information content (AvgIpc) is 2.43. The van der Waals surface area contributed by atoms with E-state index in [1.165, 1.54) is 0 Å². The minimum Gasteiger partial charge on any atom is -0.449 e. The molecule has 112 valence electrons. The molecule has 1 rings (SSSR count). The van der Waals surface area contributed by atoms with E-state index in [2.05, 4.69) is 25.8 Å². The van der Waals surface area contributed by atoms with Crippen molar-refractivity contribution in [1.82, 2.24) is 15.6 Å². The maximum Gasteiger partial charge on any atom is 0.425 e. The molecule has 0 aliphatic rings. The van der Waals surface area contributed by atoms with Crippen LogP contribution < -0.4 is 15.8 Å². The lowest BCUT2D eigenvalue weighted by molar-refractivity contribution is 0.154. The van der Waals surface area contributed by atoms with Crippen LogP contribution in [0, 0.1) is 0 Å². The first-order valence-electron chi connectivity index (χ1n) is 6.52. The second-order valence-electron chi connectivity index (χ2n) is 4.13. The molecule has 0 spiro atoms. The summed E-state index contributed by atoms with van der Waals surface area (Å²) < 4.78 is 4.69. The van der Waals surface area contributed by atoms with Gasteiger partial charge in [-0.05, 0) is 32.9 Å². The summed E-state index contributed by atoms with van der Waals surface area (Å²) in [5, 5.41) is 17.4. The zero-order valence-corrected chi connectivity index (χ0v) is 12.0. The molecule has 0 bridgehead atoms. The lowest BCUT2D eigenvalue weighted by atomic mass is 10.3. The van der Waals surface area contributed by atoms with Gasteiger partial charge >= 0.3 is 6.09 Å². The van der Waals surface area contributed by atoms with E-state index in [0.717, 1.165) is 0 Å². The largest absolute Gasteiger partial charge is 0.449 e. The van der Waals surface area contributed by atoms with Crippen molar-refractivity contribution >= 4 is 17.7 Å². The minimum atomic E-state index is -0.581. The molecule has 1 aromatic rings. The van der Waals surface area contributed by atoms with Gasteiger partial charge in [0.2, 0.25) is 0 Å². The molecule has 1 heterocycles. The van der Waals surface area contributed by atoms with E-state index in [-0.39, 0.29) is 0 Å². The third-order valence-electron chi connectivity index (χ3n) is 2.41. The number of anilines is 2. The highest BCUT2D eigenvalue weighted by molar-refractivity contribution is 5.68. The van der Waals surface area contributed by atoms with Gasteiger partial charge in [0.15, 0.2) is 11.6 Å². The van der Waals surface area contributed by atoms with Crippen molar-refractivity contribution < 1.29 is 14.6 Å². The lowest BCUT2D eigenvalue weighted by Crippen LogP contribution is -2.32. The molecule has 0 unspecified atom stereocenters. The highest BCUT2D eigenvalue weighted by atomic mass is 16.5. The summed E-state index contributed by atoms with van der Waals surface area (Å²) in [6.07, 6.45) is -1.03. The van der Waals surface area contributed by atoms with E-state index in [1.807, 2.05) is 11.8 Å². The van der Waals surface area contributed by atoms with E-state index >= 15 is 0 Å². The van der Waals surface area contributed by atoms with Crippen LogP contribution in [0.2, 0.25) is 0 Å². The number of nitrogens with one attached hydrogen (secondary N) is 2. The van der Waals surface area contributed by atoms with E-state index in [0.29, 0.717) is 31.3 Å². The third-order valence-corrected chi connectivity index (χ3v) is 2.41. The van der Waals surface area contributed by atoms with Crippen LogP contribution in [0.1, 0.15) is 20.8 Å². The third kappa shape index (κ3) is 5.27. The summed E-state index contributed by atoms with van der Waals surface area (Å²) in [6.45, 7) is 6.90. The number of nitrogens with zero attached hydrogens (tertiary/aromatic N) is 3. The van der Waals surface area contributed by atoms with Gasteiger partial charge in [0, 0.05) is 13.1 Å². The molecule has 3 N–H and O–H groups in total. The second kappa shape index (κ2) is 8.16. The average molecular weight is 283 g/mol. The van der Waals surface area contributed by atoms with Crippen LogP contribution in [0.4, 0.5) is 16.4 Å². The second-order valence-corrected chi connectivity index (χ2v) is 4.13. The number of likely N-dealkylation sites (N-methyl/N-ethyl adjacent to an activating group) is 1. The molecule has 0 aliphatic heterocycles. The highest BCUT2D eigenvalue weighted by Crippen LogP contribution is 2.11. The predicted octanol–water partition coefficient (Wildman–Crippen LogP) is 0.757. The zero-order chi connectivity index (χ0) is 15.0. The first kappa shape index (κ1) is 16.0. The first-order valence-corrected chi connectivity index (χ1v) is 6.52. The van der Waals surface area contributed by atoms with Gasteiger partial charge in [0.25, 0.3) is 0 Å². The summed E-state index contributed by atoms with van der Waals surface area (Å²) in [7, 11) is 0. The van der Waals surface area contributed by atoms with Gasteiger partial charge < -0.3 is 14.7 Å². The van der Waals surface area contributed by atoms with Crippen LogP contribution in [0.5, 0.6) is 0 Å². The van der Waals surface area contributed by atoms with Crippen molar-refractivity contribution in [2.45, 2.75) is 26.9 Å². The molecule has 20 heavy (non-hydrogen) atoms. The van der Waals surface area contributed by atoms with Crippen LogP contribution in [0.3, 0.4) is 0 Å². The fraction of sp³-hybridized carbons (Fsp3) is 0.583. The fourth-order valence-electron chi connectivity index (χ4n) is 1.55. The number of aliphatic hydroxyl groups excluding tert-OH is 1. The summed E-state index contributed by atoms with van der Waals surface area (Å²) in [5.74, 6) is 1.06. The van der Waals surface area contributed by atoms with Crippen LogP contribution in [0.15, 0.2) is 12.1 Å². The van der Waals surface area contributed by atoms with E-state index < -0.39 is 12.2 Å². The summed E-state index contributed by atoms with van der Waals surface area (Å²) in [5.41, 5.74) is 4.92. The molecule has 0 fully saturated rings. The van der Waals surface area contributed by atoms with E-state index in [1.54, 1.807) is 26.0 Å². The molecule has 1 aromatic heterocycles. The molecule has 0 aliphatic carbocycles. The van der Waals surface area contributed by atoms with Crippen molar-refractivity contribution in [2.75, 3.05) is 30.0 Å². The number of rotatable bonds is 7. The fourth-order valence-corrected chi connectivity index (χ4v) is 1.55. The minimum absolute atomic E-state index is 0.295. The van der Waals surface area contributed by atoms with Crippen molar-refractivity contribution in [3.8, 4) is 0 Å². The lowest BCUT2D eigenvalue weighted by Gasteiger charge is -2.22. The SMILES string of the molecule is CCOC(=O)NNc1ccc(N(CC)C[C@H](C)O)nn1. The van der Waals surface area contributed by atoms with Crippen molar-refractivity contribution in [1.29, 1.82) is 0 Å². The molecule has 0 saturated heterocycles. The maximum atomic E-state index is 11.1. The summed E-state index contributed by atoms with van der Waals surface area (Å²) in [4.78, 5) is 13.0. The monoisotopic (exact) mass is 283 g/mol. The number of carbonyl (C=O) groups is 1. The first-order chi connectivity index (χ1) is 9.56. The Morgan fingerprint density at radius 2 is 2.20 bits per heavy atom. The Labute approximate surface area is 118 Å². The Balaban J connectivity index is 2.56. The number of aliphatic hydroxyl groups is 1. The standard InChI is InChI=1S/C12H21N5O3/c1-4-17(8-9(3)18)11-7-6-10(13-15-11)14-16-12(19)20-5-2/h6-7,9,18H,4-5,8H2,1-3H3,(H,13,14)(H,16,19)/t9-/m0/s1. The number of hydrogen-bond donors (Lipinski definition) is 3. The summed E-state index contributed by atoms with van der Waals surface area (Å²) in [6, 6.07) is 3.44. The molecule has 1 amide bonds. The van der Waals surface area contributed by atoms with Crippen molar-refractivity contribution in [3.63, 3.8) is 0 Å². The van der Waals surface area contributed by atoms with Crippen LogP contribution >= 0.6 is 0 Å². The maximum absolute atomic E-state index is 11.1. The predicted molar refractivity (Wildman–Crippen MR) is 75.4 cm³/mol. The van der Waals surface area contributed by atoms with Crippen molar-refractivity contribution in [3.05, 3.63) is 12.1 Å². The number of carbonyl (C=O) groups excluding carboxylic acids is 1. The van der Waals surface area contributed by atoms with Crippen LogP contribution in [-0.4, -0.2) is 47.2 Å². The normalized spacial score (nSPS) is 11.6. The zero-order valence-electron chi connectivity index (χ0n) is 12.0. The van der Waals surface area contributed by atoms with Gasteiger partial charge in [0.1, 0.15) is 0 Å². The number of amides is 1. The van der Waals surface area contributed by atoms with E-state index in [4.69, 9.17) is 0 Å². The van der Waals surface area contributed by atoms with Crippen molar-refractivity contribution in [2.24, 2.45) is 0 Å². The molecule has 0 radical (unpaired) electrons. The Morgan fingerprint density at radius 1 is 1.45 bits per heavy atom. The molecule has 0 saturated carbocycles. The van der Waals surface area contributed by atoms with Gasteiger partial charge in [-0.2, -0.15) is 0 Å². The van der Waals surface area contributed by atoms with Crippen LogP contribution in [-0.2, 0) is 4.74 Å². The Hall–Kier alpha value is -2.09. The Bertz CT molecular complexity index is 410. The molecule has 8 heteroatoms. The Kier molecular flexibility index (Phi) is 6.51. The Morgan fingerprint density at radius 3 is 2.70 bits per heavy atom. The number of ether oxygens (including phenoxy) is 1.